The Morgan fingerprint density at radius 1 is 0.971 bits per heavy atom. The molecule has 0 aromatic heterocycles. The molecule has 7 nitrogen and oxygen atoms in total. The largest absolute Gasteiger partial charge is 0.497 e. The van der Waals surface area contributed by atoms with E-state index in [1.54, 1.807) is 67.8 Å². The Morgan fingerprint density at radius 2 is 1.65 bits per heavy atom. The van der Waals surface area contributed by atoms with Crippen LogP contribution in [0.1, 0.15) is 12.0 Å². The molecular formula is C26H24ClN3O4. The molecule has 34 heavy (non-hydrogen) atoms. The third-order valence-corrected chi connectivity index (χ3v) is 5.89. The average Bonchev–Trinajstić information content (AvgIpc) is 3.08. The standard InChI is InChI=1S/C26H24ClN3O4/c1-34-22-13-11-20(12-14-22)28-24(31)17-23-25(32)30(21-5-3-2-4-6-21)26(33)29(23)16-15-18-7-9-19(27)10-8-18/h2-14,23H,15-17H2,1H3,(H,28,31)/t23-/m0/s1. The van der Waals surface area contributed by atoms with Crippen molar-refractivity contribution in [2.75, 3.05) is 23.9 Å². The molecule has 0 spiro atoms. The SMILES string of the molecule is COc1ccc(NC(=O)C[C@H]2C(=O)N(c3ccccc3)C(=O)N2CCc2ccc(Cl)cc2)cc1. The van der Waals surface area contributed by atoms with Crippen LogP contribution in [0.5, 0.6) is 5.75 Å². The number of imide groups is 1. The number of carbonyl (C=O) groups is 3. The van der Waals surface area contributed by atoms with E-state index in [9.17, 15) is 14.4 Å². The van der Waals surface area contributed by atoms with Crippen LogP contribution in [0, 0.1) is 0 Å². The molecule has 0 aliphatic carbocycles. The number of para-hydroxylation sites is 1. The average molecular weight is 478 g/mol. The molecule has 0 unspecified atom stereocenters. The van der Waals surface area contributed by atoms with E-state index in [1.165, 1.54) is 4.90 Å². The fraction of sp³-hybridized carbons (Fsp3) is 0.192. The third kappa shape index (κ3) is 5.21. The number of ether oxygens (including phenoxy) is 1. The number of halogens is 1. The fourth-order valence-corrected chi connectivity index (χ4v) is 3.99. The molecule has 8 heteroatoms. The minimum Gasteiger partial charge on any atom is -0.497 e. The molecule has 3 aromatic rings. The molecule has 0 radical (unpaired) electrons. The predicted molar refractivity (Wildman–Crippen MR) is 131 cm³/mol. The fourth-order valence-electron chi connectivity index (χ4n) is 3.86. The zero-order valence-corrected chi connectivity index (χ0v) is 19.4. The Kier molecular flexibility index (Phi) is 7.13. The van der Waals surface area contributed by atoms with Crippen molar-refractivity contribution in [1.82, 2.24) is 4.90 Å². The van der Waals surface area contributed by atoms with Crippen molar-refractivity contribution in [2.45, 2.75) is 18.9 Å². The molecule has 1 atom stereocenters. The highest BCUT2D eigenvalue weighted by atomic mass is 35.5. The van der Waals surface area contributed by atoms with E-state index >= 15 is 0 Å². The Balaban J connectivity index is 1.52. The first-order valence-electron chi connectivity index (χ1n) is 10.8. The van der Waals surface area contributed by atoms with Crippen LogP contribution in [0.4, 0.5) is 16.2 Å². The van der Waals surface area contributed by atoms with Gasteiger partial charge in [0.2, 0.25) is 5.91 Å². The molecule has 1 heterocycles. The number of nitrogens with one attached hydrogen (secondary N) is 1. The molecule has 4 amide bonds. The lowest BCUT2D eigenvalue weighted by molar-refractivity contribution is -0.124. The lowest BCUT2D eigenvalue weighted by Crippen LogP contribution is -2.39. The van der Waals surface area contributed by atoms with Gasteiger partial charge >= 0.3 is 6.03 Å². The molecule has 1 saturated heterocycles. The smallest absolute Gasteiger partial charge is 0.332 e. The van der Waals surface area contributed by atoms with E-state index in [-0.39, 0.29) is 18.9 Å². The van der Waals surface area contributed by atoms with E-state index in [0.717, 1.165) is 10.5 Å². The van der Waals surface area contributed by atoms with Crippen molar-refractivity contribution >= 4 is 40.8 Å². The van der Waals surface area contributed by atoms with Crippen LogP contribution in [-0.4, -0.2) is 42.4 Å². The van der Waals surface area contributed by atoms with Crippen LogP contribution >= 0.6 is 11.6 Å². The van der Waals surface area contributed by atoms with Crippen LogP contribution in [-0.2, 0) is 16.0 Å². The van der Waals surface area contributed by atoms with E-state index in [0.29, 0.717) is 28.6 Å². The normalized spacial score (nSPS) is 15.5. The van der Waals surface area contributed by atoms with Crippen LogP contribution in [0.2, 0.25) is 5.02 Å². The number of amides is 4. The van der Waals surface area contributed by atoms with Gasteiger partial charge in [-0.25, -0.2) is 9.69 Å². The highest BCUT2D eigenvalue weighted by molar-refractivity contribution is 6.30. The zero-order valence-electron chi connectivity index (χ0n) is 18.6. The van der Waals surface area contributed by atoms with Crippen LogP contribution in [0.3, 0.4) is 0 Å². The maximum absolute atomic E-state index is 13.3. The third-order valence-electron chi connectivity index (χ3n) is 5.64. The second-order valence-electron chi connectivity index (χ2n) is 7.86. The number of carbonyl (C=O) groups excluding carboxylic acids is 3. The summed E-state index contributed by atoms with van der Waals surface area (Å²) in [5.41, 5.74) is 2.03. The van der Waals surface area contributed by atoms with Gasteiger partial charge in [0.1, 0.15) is 11.8 Å². The summed E-state index contributed by atoms with van der Waals surface area (Å²) in [5, 5.41) is 3.42. The second kappa shape index (κ2) is 10.4. The minimum absolute atomic E-state index is 0.152. The summed E-state index contributed by atoms with van der Waals surface area (Å²) in [6, 6.07) is 21.6. The predicted octanol–water partition coefficient (Wildman–Crippen LogP) is 4.76. The number of hydrogen-bond acceptors (Lipinski definition) is 4. The number of benzene rings is 3. The minimum atomic E-state index is -0.904. The van der Waals surface area contributed by atoms with Crippen molar-refractivity contribution in [3.63, 3.8) is 0 Å². The summed E-state index contributed by atoms with van der Waals surface area (Å²) in [6.45, 7) is 0.288. The van der Waals surface area contributed by atoms with Gasteiger partial charge in [-0.1, -0.05) is 41.9 Å². The summed E-state index contributed by atoms with van der Waals surface area (Å²) in [5.74, 6) is -0.110. The molecule has 1 fully saturated rings. The van der Waals surface area contributed by atoms with Gasteiger partial charge in [-0.2, -0.15) is 0 Å². The van der Waals surface area contributed by atoms with E-state index < -0.39 is 18.0 Å². The van der Waals surface area contributed by atoms with Gasteiger partial charge in [0.05, 0.1) is 19.2 Å². The van der Waals surface area contributed by atoms with Crippen LogP contribution in [0.25, 0.3) is 0 Å². The number of nitrogens with zero attached hydrogens (tertiary/aromatic N) is 2. The van der Waals surface area contributed by atoms with Gasteiger partial charge in [-0.3, -0.25) is 9.59 Å². The van der Waals surface area contributed by atoms with Crippen molar-refractivity contribution in [1.29, 1.82) is 0 Å². The number of rotatable bonds is 8. The Bertz CT molecular complexity index is 1170. The van der Waals surface area contributed by atoms with Crippen molar-refractivity contribution in [3.8, 4) is 5.75 Å². The van der Waals surface area contributed by atoms with Gasteiger partial charge in [-0.15, -0.1) is 0 Å². The van der Waals surface area contributed by atoms with Crippen LogP contribution in [0.15, 0.2) is 78.9 Å². The van der Waals surface area contributed by atoms with Gasteiger partial charge in [0, 0.05) is 17.3 Å². The van der Waals surface area contributed by atoms with Crippen molar-refractivity contribution in [2.24, 2.45) is 0 Å². The first kappa shape index (κ1) is 23.3. The van der Waals surface area contributed by atoms with Crippen molar-refractivity contribution in [3.05, 3.63) is 89.4 Å². The maximum atomic E-state index is 13.3. The molecule has 4 rings (SSSR count). The Hall–Kier alpha value is -3.84. The maximum Gasteiger partial charge on any atom is 0.332 e. The number of anilines is 2. The number of hydrogen-bond donors (Lipinski definition) is 1. The summed E-state index contributed by atoms with van der Waals surface area (Å²) >= 11 is 5.96. The number of urea groups is 1. The molecule has 3 aromatic carbocycles. The van der Waals surface area contributed by atoms with E-state index in [4.69, 9.17) is 16.3 Å². The Morgan fingerprint density at radius 3 is 2.29 bits per heavy atom. The van der Waals surface area contributed by atoms with Gasteiger partial charge in [-0.05, 0) is 60.5 Å². The van der Waals surface area contributed by atoms with E-state index in [2.05, 4.69) is 5.32 Å². The van der Waals surface area contributed by atoms with E-state index in [1.807, 2.05) is 18.2 Å². The highest BCUT2D eigenvalue weighted by Crippen LogP contribution is 2.27. The second-order valence-corrected chi connectivity index (χ2v) is 8.29. The lowest BCUT2D eigenvalue weighted by atomic mass is 10.1. The first-order chi connectivity index (χ1) is 16.5. The summed E-state index contributed by atoms with van der Waals surface area (Å²) < 4.78 is 5.13. The summed E-state index contributed by atoms with van der Waals surface area (Å²) in [7, 11) is 1.56. The van der Waals surface area contributed by atoms with Gasteiger partial charge in [0.25, 0.3) is 5.91 Å². The zero-order chi connectivity index (χ0) is 24.1. The Labute approximate surface area is 202 Å². The summed E-state index contributed by atoms with van der Waals surface area (Å²) in [4.78, 5) is 42.0. The quantitative estimate of drug-likeness (QED) is 0.474. The monoisotopic (exact) mass is 477 g/mol. The first-order valence-corrected chi connectivity index (χ1v) is 11.2. The molecule has 1 N–H and O–H groups in total. The van der Waals surface area contributed by atoms with Gasteiger partial charge in [0.15, 0.2) is 0 Å². The van der Waals surface area contributed by atoms with Crippen molar-refractivity contribution < 1.29 is 19.1 Å². The van der Waals surface area contributed by atoms with Gasteiger partial charge < -0.3 is 15.0 Å². The summed E-state index contributed by atoms with van der Waals surface area (Å²) in [6.07, 6.45) is 0.371. The molecule has 174 valence electrons. The number of methoxy groups -OCH3 is 1. The lowest BCUT2D eigenvalue weighted by Gasteiger charge is -2.21. The molecule has 1 aliphatic heterocycles. The molecular weight excluding hydrogens is 454 g/mol. The molecule has 1 aliphatic rings. The van der Waals surface area contributed by atoms with Crippen LogP contribution < -0.4 is 15.0 Å². The molecule has 0 saturated carbocycles. The topological polar surface area (TPSA) is 79.0 Å². The molecule has 0 bridgehead atoms. The highest BCUT2D eigenvalue weighted by Gasteiger charge is 2.46.